The molecule has 5 nitrogen and oxygen atoms in total. The van der Waals surface area contributed by atoms with Crippen molar-refractivity contribution in [1.82, 2.24) is 10.3 Å². The van der Waals surface area contributed by atoms with Crippen molar-refractivity contribution in [2.24, 2.45) is 0 Å². The van der Waals surface area contributed by atoms with Crippen LogP contribution in [0.2, 0.25) is 0 Å². The highest BCUT2D eigenvalue weighted by Crippen LogP contribution is 2.23. The van der Waals surface area contributed by atoms with E-state index in [2.05, 4.69) is 15.6 Å². The van der Waals surface area contributed by atoms with Gasteiger partial charge in [-0.15, -0.1) is 0 Å². The van der Waals surface area contributed by atoms with Gasteiger partial charge < -0.3 is 16.4 Å². The Bertz CT molecular complexity index is 624. The minimum absolute atomic E-state index is 0.0274. The van der Waals surface area contributed by atoms with Gasteiger partial charge in [0.15, 0.2) is 0 Å². The molecule has 1 heterocycles. The van der Waals surface area contributed by atoms with Gasteiger partial charge in [-0.1, -0.05) is 0 Å². The van der Waals surface area contributed by atoms with Crippen LogP contribution in [0.25, 0.3) is 10.9 Å². The molecular weight excluding hydrogens is 252 g/mol. The molecule has 0 aliphatic carbocycles. The Balaban J connectivity index is 2.23. The fourth-order valence-corrected chi connectivity index (χ4v) is 2.00. The lowest BCUT2D eigenvalue weighted by Gasteiger charge is -2.18. The Hall–Kier alpha value is -2.30. The summed E-state index contributed by atoms with van der Waals surface area (Å²) in [5, 5.41) is 7.05. The highest BCUT2D eigenvalue weighted by atomic mass is 16.2. The van der Waals surface area contributed by atoms with Gasteiger partial charge in [0.25, 0.3) is 0 Å². The van der Waals surface area contributed by atoms with E-state index in [4.69, 9.17) is 5.73 Å². The first-order chi connectivity index (χ1) is 9.47. The Kier molecular flexibility index (Phi) is 4.08. The molecule has 0 fully saturated rings. The van der Waals surface area contributed by atoms with Gasteiger partial charge in [-0.05, 0) is 45.0 Å². The molecule has 0 saturated heterocycles. The predicted molar refractivity (Wildman–Crippen MR) is 82.5 cm³/mol. The quantitative estimate of drug-likeness (QED) is 0.745. The van der Waals surface area contributed by atoms with Crippen LogP contribution in [0, 0.1) is 0 Å². The minimum Gasteiger partial charge on any atom is -0.399 e. The number of hydrogen-bond donors (Lipinski definition) is 3. The van der Waals surface area contributed by atoms with Gasteiger partial charge in [0.2, 0.25) is 5.91 Å². The van der Waals surface area contributed by atoms with E-state index >= 15 is 0 Å². The Labute approximate surface area is 118 Å². The van der Waals surface area contributed by atoms with Gasteiger partial charge >= 0.3 is 0 Å². The average molecular weight is 272 g/mol. The molecule has 0 radical (unpaired) electrons. The summed E-state index contributed by atoms with van der Waals surface area (Å²) in [7, 11) is 0. The number of carbonyl (C=O) groups is 1. The van der Waals surface area contributed by atoms with Gasteiger partial charge in [-0.3, -0.25) is 9.78 Å². The summed E-state index contributed by atoms with van der Waals surface area (Å²) in [4.78, 5) is 16.2. The number of aromatic nitrogens is 1. The number of pyridine rings is 1. The standard InChI is InChI=1S/C15H20N4O/c1-9(2)18-15(20)10(3)19-13-6-7-17-14-8-11(16)4-5-12(13)14/h4-10H,16H2,1-3H3,(H,17,19)(H,18,20). The topological polar surface area (TPSA) is 80.0 Å². The molecule has 1 aromatic carbocycles. The highest BCUT2D eigenvalue weighted by molar-refractivity contribution is 5.95. The van der Waals surface area contributed by atoms with E-state index in [9.17, 15) is 4.79 Å². The zero-order chi connectivity index (χ0) is 14.7. The van der Waals surface area contributed by atoms with Crippen molar-refractivity contribution in [3.05, 3.63) is 30.5 Å². The van der Waals surface area contributed by atoms with Crippen LogP contribution in [0.15, 0.2) is 30.5 Å². The maximum Gasteiger partial charge on any atom is 0.242 e. The second kappa shape index (κ2) is 5.77. The van der Waals surface area contributed by atoms with Gasteiger partial charge in [0.05, 0.1) is 5.52 Å². The first-order valence-corrected chi connectivity index (χ1v) is 6.68. The minimum atomic E-state index is -0.319. The Morgan fingerprint density at radius 1 is 1.25 bits per heavy atom. The normalized spacial score (nSPS) is 12.4. The van der Waals surface area contributed by atoms with Gasteiger partial charge in [-0.2, -0.15) is 0 Å². The number of amides is 1. The lowest BCUT2D eigenvalue weighted by Crippen LogP contribution is -2.41. The summed E-state index contributed by atoms with van der Waals surface area (Å²) < 4.78 is 0. The lowest BCUT2D eigenvalue weighted by atomic mass is 10.1. The maximum atomic E-state index is 11.9. The molecule has 0 spiro atoms. The molecule has 1 amide bonds. The summed E-state index contributed by atoms with van der Waals surface area (Å²) in [5.74, 6) is -0.0274. The van der Waals surface area contributed by atoms with Crippen LogP contribution < -0.4 is 16.4 Å². The van der Waals surface area contributed by atoms with Crippen LogP contribution in [-0.2, 0) is 4.79 Å². The molecule has 2 aromatic rings. The average Bonchev–Trinajstić information content (AvgIpc) is 2.37. The second-order valence-corrected chi connectivity index (χ2v) is 5.16. The fraction of sp³-hybridized carbons (Fsp3) is 0.333. The second-order valence-electron chi connectivity index (χ2n) is 5.16. The SMILES string of the molecule is CC(C)NC(=O)C(C)Nc1ccnc2cc(N)ccc12. The maximum absolute atomic E-state index is 11.9. The molecule has 1 unspecified atom stereocenters. The zero-order valence-electron chi connectivity index (χ0n) is 12.0. The Morgan fingerprint density at radius 2 is 2.00 bits per heavy atom. The van der Waals surface area contributed by atoms with E-state index in [1.165, 1.54) is 0 Å². The first kappa shape index (κ1) is 14.1. The molecular formula is C15H20N4O. The van der Waals surface area contributed by atoms with E-state index < -0.39 is 0 Å². The lowest BCUT2D eigenvalue weighted by molar-refractivity contribution is -0.122. The molecule has 1 atom stereocenters. The molecule has 2 rings (SSSR count). The van der Waals surface area contributed by atoms with Crippen LogP contribution in [-0.4, -0.2) is 23.0 Å². The number of rotatable bonds is 4. The predicted octanol–water partition coefficient (Wildman–Crippen LogP) is 2.14. The molecule has 0 bridgehead atoms. The summed E-state index contributed by atoms with van der Waals surface area (Å²) >= 11 is 0. The van der Waals surface area contributed by atoms with Gasteiger partial charge in [-0.25, -0.2) is 0 Å². The number of nitrogens with zero attached hydrogens (tertiary/aromatic N) is 1. The van der Waals surface area contributed by atoms with Crippen molar-refractivity contribution in [3.63, 3.8) is 0 Å². The number of nitrogens with two attached hydrogens (primary N) is 1. The summed E-state index contributed by atoms with van der Waals surface area (Å²) in [6, 6.07) is 7.22. The van der Waals surface area contributed by atoms with Crippen molar-refractivity contribution in [1.29, 1.82) is 0 Å². The monoisotopic (exact) mass is 272 g/mol. The van der Waals surface area contributed by atoms with Crippen molar-refractivity contribution >= 4 is 28.2 Å². The van der Waals surface area contributed by atoms with Crippen molar-refractivity contribution in [2.45, 2.75) is 32.9 Å². The van der Waals surface area contributed by atoms with E-state index in [1.54, 1.807) is 6.20 Å². The van der Waals surface area contributed by atoms with Crippen molar-refractivity contribution in [3.8, 4) is 0 Å². The van der Waals surface area contributed by atoms with Crippen LogP contribution in [0.4, 0.5) is 11.4 Å². The third-order valence-corrected chi connectivity index (χ3v) is 2.96. The number of nitrogen functional groups attached to an aromatic ring is 1. The van der Waals surface area contributed by atoms with Crippen LogP contribution >= 0.6 is 0 Å². The van der Waals surface area contributed by atoms with Gasteiger partial charge in [0.1, 0.15) is 6.04 Å². The number of hydrogen-bond acceptors (Lipinski definition) is 4. The molecule has 106 valence electrons. The number of carbonyl (C=O) groups excluding carboxylic acids is 1. The summed E-state index contributed by atoms with van der Waals surface area (Å²) in [5.41, 5.74) is 8.12. The first-order valence-electron chi connectivity index (χ1n) is 6.68. The molecule has 0 aliphatic heterocycles. The third kappa shape index (κ3) is 3.17. The zero-order valence-corrected chi connectivity index (χ0v) is 12.0. The van der Waals surface area contributed by atoms with Crippen LogP contribution in [0.3, 0.4) is 0 Å². The summed E-state index contributed by atoms with van der Waals surface area (Å²) in [6.45, 7) is 5.71. The van der Waals surface area contributed by atoms with E-state index in [1.807, 2.05) is 45.0 Å². The molecule has 5 heteroatoms. The number of anilines is 2. The van der Waals surface area contributed by atoms with E-state index in [-0.39, 0.29) is 18.0 Å². The van der Waals surface area contributed by atoms with Gasteiger partial charge in [0, 0.05) is 29.0 Å². The summed E-state index contributed by atoms with van der Waals surface area (Å²) in [6.07, 6.45) is 1.71. The fourth-order valence-electron chi connectivity index (χ4n) is 2.00. The molecule has 20 heavy (non-hydrogen) atoms. The molecule has 0 saturated carbocycles. The van der Waals surface area contributed by atoms with E-state index in [0.29, 0.717) is 5.69 Å². The third-order valence-electron chi connectivity index (χ3n) is 2.96. The Morgan fingerprint density at radius 3 is 2.70 bits per heavy atom. The molecule has 0 aliphatic rings. The molecule has 1 aromatic heterocycles. The number of fused-ring (bicyclic) bond motifs is 1. The smallest absolute Gasteiger partial charge is 0.242 e. The largest absolute Gasteiger partial charge is 0.399 e. The van der Waals surface area contributed by atoms with Crippen molar-refractivity contribution in [2.75, 3.05) is 11.1 Å². The van der Waals surface area contributed by atoms with Crippen LogP contribution in [0.5, 0.6) is 0 Å². The van der Waals surface area contributed by atoms with Crippen molar-refractivity contribution < 1.29 is 4.79 Å². The number of benzene rings is 1. The van der Waals surface area contributed by atoms with Crippen LogP contribution in [0.1, 0.15) is 20.8 Å². The van der Waals surface area contributed by atoms with E-state index in [0.717, 1.165) is 16.6 Å². The highest BCUT2D eigenvalue weighted by Gasteiger charge is 2.14. The number of nitrogens with one attached hydrogen (secondary N) is 2. The molecule has 4 N–H and O–H groups in total.